The van der Waals surface area contributed by atoms with Crippen molar-refractivity contribution in [2.45, 2.75) is 25.8 Å². The van der Waals surface area contributed by atoms with E-state index in [1.54, 1.807) is 6.92 Å². The number of nitrogens with one attached hydrogen (secondary N) is 2. The predicted octanol–water partition coefficient (Wildman–Crippen LogP) is 1.11. The molecule has 0 unspecified atom stereocenters. The van der Waals surface area contributed by atoms with Gasteiger partial charge in [-0.25, -0.2) is 0 Å². The van der Waals surface area contributed by atoms with Crippen LogP contribution in [0.1, 0.15) is 18.4 Å². The van der Waals surface area contributed by atoms with Gasteiger partial charge in [-0.1, -0.05) is 0 Å². The Kier molecular flexibility index (Phi) is 2.77. The summed E-state index contributed by atoms with van der Waals surface area (Å²) in [6.07, 6.45) is 1.80. The summed E-state index contributed by atoms with van der Waals surface area (Å²) < 4.78 is 28.2. The third-order valence-corrected chi connectivity index (χ3v) is 3.49. The molecule has 88 valence electrons. The topological polar surface area (TPSA) is 78.4 Å². The summed E-state index contributed by atoms with van der Waals surface area (Å²) in [7, 11) is -3.49. The second kappa shape index (κ2) is 3.95. The quantitative estimate of drug-likeness (QED) is 0.692. The molecule has 1 aromatic carbocycles. The molecule has 0 aliphatic heterocycles. The maximum atomic E-state index is 11.6. The third kappa shape index (κ3) is 2.86. The third-order valence-electron chi connectivity index (χ3n) is 2.35. The minimum Gasteiger partial charge on any atom is -0.508 e. The monoisotopic (exact) mass is 242 g/mol. The molecule has 0 aromatic heterocycles. The number of hydrogen-bond donors (Lipinski definition) is 3. The summed E-state index contributed by atoms with van der Waals surface area (Å²) in [4.78, 5) is 0. The Morgan fingerprint density at radius 2 is 2.06 bits per heavy atom. The van der Waals surface area contributed by atoms with Gasteiger partial charge in [0.15, 0.2) is 0 Å². The Labute approximate surface area is 94.7 Å². The maximum Gasteiger partial charge on any atom is 0.299 e. The van der Waals surface area contributed by atoms with Gasteiger partial charge in [0.05, 0.1) is 5.69 Å². The van der Waals surface area contributed by atoms with Gasteiger partial charge in [0, 0.05) is 6.04 Å². The molecule has 1 aliphatic carbocycles. The van der Waals surface area contributed by atoms with E-state index < -0.39 is 10.2 Å². The van der Waals surface area contributed by atoms with Crippen molar-refractivity contribution in [3.63, 3.8) is 0 Å². The summed E-state index contributed by atoms with van der Waals surface area (Å²) in [5, 5.41) is 9.20. The Morgan fingerprint density at radius 1 is 1.38 bits per heavy atom. The van der Waals surface area contributed by atoms with Crippen molar-refractivity contribution >= 4 is 15.9 Å². The first-order valence-corrected chi connectivity index (χ1v) is 6.54. The van der Waals surface area contributed by atoms with E-state index in [0.717, 1.165) is 12.8 Å². The van der Waals surface area contributed by atoms with Crippen molar-refractivity contribution < 1.29 is 13.5 Å². The van der Waals surface area contributed by atoms with Crippen LogP contribution in [0.15, 0.2) is 18.2 Å². The summed E-state index contributed by atoms with van der Waals surface area (Å²) >= 11 is 0. The fourth-order valence-corrected chi connectivity index (χ4v) is 2.61. The molecule has 5 nitrogen and oxygen atoms in total. The number of aromatic hydroxyl groups is 1. The average molecular weight is 242 g/mol. The summed E-state index contributed by atoms with van der Waals surface area (Å²) in [5.41, 5.74) is 1.16. The molecule has 1 fully saturated rings. The van der Waals surface area contributed by atoms with Crippen LogP contribution in [0.5, 0.6) is 5.75 Å². The number of anilines is 1. The Bertz CT molecular complexity index is 495. The van der Waals surface area contributed by atoms with Gasteiger partial charge >= 0.3 is 0 Å². The summed E-state index contributed by atoms with van der Waals surface area (Å²) in [5.74, 6) is 0.121. The minimum absolute atomic E-state index is 0.0786. The van der Waals surface area contributed by atoms with Gasteiger partial charge in [-0.3, -0.25) is 4.72 Å². The van der Waals surface area contributed by atoms with Crippen LogP contribution in [0.3, 0.4) is 0 Å². The lowest BCUT2D eigenvalue weighted by Crippen LogP contribution is -2.31. The van der Waals surface area contributed by atoms with E-state index in [9.17, 15) is 13.5 Å². The van der Waals surface area contributed by atoms with Gasteiger partial charge in [0.2, 0.25) is 0 Å². The number of phenolic OH excluding ortho intramolecular Hbond substituents is 1. The highest BCUT2D eigenvalue weighted by Gasteiger charge is 2.26. The maximum absolute atomic E-state index is 11.6. The fourth-order valence-electron chi connectivity index (χ4n) is 1.36. The highest BCUT2D eigenvalue weighted by molar-refractivity contribution is 7.90. The second-order valence-corrected chi connectivity index (χ2v) is 5.44. The Hall–Kier alpha value is -1.27. The summed E-state index contributed by atoms with van der Waals surface area (Å²) in [6.45, 7) is 1.73. The van der Waals surface area contributed by atoms with E-state index in [2.05, 4.69) is 9.44 Å². The van der Waals surface area contributed by atoms with Crippen LogP contribution in [-0.4, -0.2) is 19.6 Å². The number of phenols is 1. The Morgan fingerprint density at radius 3 is 2.62 bits per heavy atom. The van der Waals surface area contributed by atoms with Crippen LogP contribution in [0.25, 0.3) is 0 Å². The van der Waals surface area contributed by atoms with Crippen LogP contribution < -0.4 is 9.44 Å². The minimum atomic E-state index is -3.49. The molecule has 0 radical (unpaired) electrons. The van der Waals surface area contributed by atoms with E-state index >= 15 is 0 Å². The average Bonchev–Trinajstić information content (AvgIpc) is 2.93. The standard InChI is InChI=1S/C10H14N2O3S/c1-7-6-9(13)4-5-10(7)12-16(14,15)11-8-2-3-8/h4-6,8,11-13H,2-3H2,1H3. The molecule has 1 aliphatic rings. The lowest BCUT2D eigenvalue weighted by atomic mass is 10.2. The van der Waals surface area contributed by atoms with Crippen LogP contribution in [0, 0.1) is 6.92 Å². The number of benzene rings is 1. The van der Waals surface area contributed by atoms with Crippen LogP contribution >= 0.6 is 0 Å². The second-order valence-electron chi connectivity index (χ2n) is 4.00. The lowest BCUT2D eigenvalue weighted by Gasteiger charge is -2.10. The van der Waals surface area contributed by atoms with E-state index in [-0.39, 0.29) is 11.8 Å². The first-order chi connectivity index (χ1) is 7.46. The number of hydrogen-bond acceptors (Lipinski definition) is 3. The predicted molar refractivity (Wildman–Crippen MR) is 61.5 cm³/mol. The molecule has 16 heavy (non-hydrogen) atoms. The van der Waals surface area contributed by atoms with E-state index in [0.29, 0.717) is 11.3 Å². The van der Waals surface area contributed by atoms with E-state index in [1.807, 2.05) is 0 Å². The molecule has 1 saturated carbocycles. The van der Waals surface area contributed by atoms with Gasteiger partial charge < -0.3 is 5.11 Å². The van der Waals surface area contributed by atoms with Gasteiger partial charge in [-0.05, 0) is 43.5 Å². The number of rotatable bonds is 4. The number of aryl methyl sites for hydroxylation is 1. The van der Waals surface area contributed by atoms with Crippen molar-refractivity contribution in [2.75, 3.05) is 4.72 Å². The van der Waals surface area contributed by atoms with Gasteiger partial charge in [-0.2, -0.15) is 13.1 Å². The van der Waals surface area contributed by atoms with Crippen molar-refractivity contribution in [3.8, 4) is 5.75 Å². The van der Waals surface area contributed by atoms with Crippen molar-refractivity contribution in [3.05, 3.63) is 23.8 Å². The smallest absolute Gasteiger partial charge is 0.299 e. The highest BCUT2D eigenvalue weighted by atomic mass is 32.2. The van der Waals surface area contributed by atoms with Crippen LogP contribution in [0.4, 0.5) is 5.69 Å². The molecule has 0 saturated heterocycles. The first-order valence-electron chi connectivity index (χ1n) is 5.06. The molecule has 0 atom stereocenters. The molecule has 0 heterocycles. The zero-order valence-electron chi connectivity index (χ0n) is 8.90. The first kappa shape index (κ1) is 11.2. The zero-order chi connectivity index (χ0) is 11.8. The molecule has 6 heteroatoms. The fraction of sp³-hybridized carbons (Fsp3) is 0.400. The van der Waals surface area contributed by atoms with Gasteiger partial charge in [0.25, 0.3) is 10.2 Å². The largest absolute Gasteiger partial charge is 0.508 e. The van der Waals surface area contributed by atoms with E-state index in [4.69, 9.17) is 0 Å². The van der Waals surface area contributed by atoms with E-state index in [1.165, 1.54) is 18.2 Å². The van der Waals surface area contributed by atoms with Crippen LogP contribution in [-0.2, 0) is 10.2 Å². The lowest BCUT2D eigenvalue weighted by molar-refractivity contribution is 0.475. The van der Waals surface area contributed by atoms with Crippen molar-refractivity contribution in [2.24, 2.45) is 0 Å². The molecule has 0 spiro atoms. The van der Waals surface area contributed by atoms with Crippen molar-refractivity contribution in [1.82, 2.24) is 4.72 Å². The van der Waals surface area contributed by atoms with Crippen LogP contribution in [0.2, 0.25) is 0 Å². The Balaban J connectivity index is 2.13. The van der Waals surface area contributed by atoms with Gasteiger partial charge in [-0.15, -0.1) is 0 Å². The SMILES string of the molecule is Cc1cc(O)ccc1NS(=O)(=O)NC1CC1. The molecule has 1 aromatic rings. The molecular weight excluding hydrogens is 228 g/mol. The molecular formula is C10H14N2O3S. The molecule has 3 N–H and O–H groups in total. The summed E-state index contributed by atoms with van der Waals surface area (Å²) in [6, 6.07) is 4.57. The molecule has 2 rings (SSSR count). The molecule has 0 bridgehead atoms. The van der Waals surface area contributed by atoms with Crippen molar-refractivity contribution in [1.29, 1.82) is 0 Å². The highest BCUT2D eigenvalue weighted by Crippen LogP contribution is 2.23. The zero-order valence-corrected chi connectivity index (χ0v) is 9.71. The van der Waals surface area contributed by atoms with Gasteiger partial charge in [0.1, 0.15) is 5.75 Å². The normalized spacial score (nSPS) is 16.1. The molecule has 0 amide bonds.